The van der Waals surface area contributed by atoms with Gasteiger partial charge in [0.1, 0.15) is 5.97 Å². The van der Waals surface area contributed by atoms with Crippen LogP contribution in [0.25, 0.3) is 0 Å². The minimum absolute atomic E-state index is 0. The molecule has 1 saturated carbocycles. The van der Waals surface area contributed by atoms with E-state index in [1.807, 2.05) is 6.92 Å². The van der Waals surface area contributed by atoms with Crippen molar-refractivity contribution >= 4 is 5.97 Å². The molecule has 0 spiro atoms. The van der Waals surface area contributed by atoms with E-state index in [1.54, 1.807) is 0 Å². The normalized spacial score (nSPS) is 17.6. The molecule has 0 saturated heterocycles. The molecule has 0 aliphatic heterocycles. The van der Waals surface area contributed by atoms with Crippen molar-refractivity contribution in [3.8, 4) is 0 Å². The number of carboxylic acid groups (broad SMARTS) is 1. The molecule has 1 fully saturated rings. The Balaban J connectivity index is 0.000000845. The van der Waals surface area contributed by atoms with Crippen LogP contribution in [0.4, 0.5) is 0 Å². The van der Waals surface area contributed by atoms with Gasteiger partial charge in [0.15, 0.2) is 0 Å². The summed E-state index contributed by atoms with van der Waals surface area (Å²) in [6, 6.07) is 0. The van der Waals surface area contributed by atoms with Gasteiger partial charge < -0.3 is 14.4 Å². The predicted molar refractivity (Wildman–Crippen MR) is 35.2 cm³/mol. The molecule has 1 aromatic heterocycles. The number of carbonyl (C=O) groups is 1. The summed E-state index contributed by atoms with van der Waals surface area (Å²) >= 11 is 0. The fourth-order valence-electron chi connectivity index (χ4n) is 0.953. The van der Waals surface area contributed by atoms with E-state index in [1.165, 1.54) is 0 Å². The molecule has 0 unspecified atom stereocenters. The zero-order valence-electron chi connectivity index (χ0n) is 7.53. The fraction of sp³-hybridized carbons (Fsp3) is 0.571. The molecule has 0 amide bonds. The Morgan fingerprint density at radius 3 is 2.62 bits per heavy atom. The Kier molecular flexibility index (Phi) is 3.29. The Bertz CT molecular complexity index is 332. The SMILES string of the molecule is CC1(c2nc(C(=O)[O-])no2)CC1.[K+]. The van der Waals surface area contributed by atoms with Crippen LogP contribution in [0.2, 0.25) is 0 Å². The second-order valence-corrected chi connectivity index (χ2v) is 3.27. The number of carbonyl (C=O) groups excluding carboxylic acids is 1. The predicted octanol–water partition coefficient (Wildman–Crippen LogP) is -3.51. The monoisotopic (exact) mass is 206 g/mol. The van der Waals surface area contributed by atoms with Crippen LogP contribution in [-0.2, 0) is 5.41 Å². The standard InChI is InChI=1S/C7H8N2O3.K/c1-7(2-3-7)6-8-4(5(10)11)9-12-6;/h2-3H2,1H3,(H,10,11);/q;+1/p-1. The van der Waals surface area contributed by atoms with Gasteiger partial charge in [-0.25, -0.2) is 0 Å². The van der Waals surface area contributed by atoms with Gasteiger partial charge in [-0.15, -0.1) is 0 Å². The number of carboxylic acids is 1. The summed E-state index contributed by atoms with van der Waals surface area (Å²) in [6.45, 7) is 1.96. The molecule has 13 heavy (non-hydrogen) atoms. The summed E-state index contributed by atoms with van der Waals surface area (Å²) in [5.74, 6) is -1.35. The minimum Gasteiger partial charge on any atom is -0.541 e. The Labute approximate surface area is 117 Å². The van der Waals surface area contributed by atoms with Gasteiger partial charge in [0.25, 0.3) is 0 Å². The van der Waals surface area contributed by atoms with E-state index in [0.717, 1.165) is 12.8 Å². The molecule has 6 heteroatoms. The average Bonchev–Trinajstić information content (AvgIpc) is 2.61. The second-order valence-electron chi connectivity index (χ2n) is 3.27. The first-order chi connectivity index (χ1) is 5.62. The zero-order chi connectivity index (χ0) is 8.77. The van der Waals surface area contributed by atoms with Crippen LogP contribution in [0.5, 0.6) is 0 Å². The van der Waals surface area contributed by atoms with Crippen molar-refractivity contribution in [2.75, 3.05) is 0 Å². The third kappa shape index (κ3) is 2.19. The van der Waals surface area contributed by atoms with Crippen LogP contribution in [0.3, 0.4) is 0 Å². The van der Waals surface area contributed by atoms with Gasteiger partial charge in [0, 0.05) is 5.41 Å². The maximum absolute atomic E-state index is 10.3. The van der Waals surface area contributed by atoms with Gasteiger partial charge in [-0.1, -0.05) is 12.1 Å². The zero-order valence-corrected chi connectivity index (χ0v) is 10.7. The van der Waals surface area contributed by atoms with Crippen LogP contribution in [0, 0.1) is 0 Å². The molecule has 1 aliphatic carbocycles. The van der Waals surface area contributed by atoms with E-state index in [9.17, 15) is 9.90 Å². The number of hydrogen-bond acceptors (Lipinski definition) is 5. The van der Waals surface area contributed by atoms with Gasteiger partial charge in [-0.3, -0.25) is 0 Å². The number of rotatable bonds is 2. The van der Waals surface area contributed by atoms with E-state index in [0.29, 0.717) is 5.89 Å². The van der Waals surface area contributed by atoms with Crippen molar-refractivity contribution in [1.29, 1.82) is 0 Å². The first-order valence-electron chi connectivity index (χ1n) is 3.67. The van der Waals surface area contributed by atoms with Crippen molar-refractivity contribution < 1.29 is 65.8 Å². The molecule has 0 aromatic carbocycles. The van der Waals surface area contributed by atoms with Crippen molar-refractivity contribution in [3.05, 3.63) is 11.7 Å². The summed E-state index contributed by atoms with van der Waals surface area (Å²) in [5.41, 5.74) is -0.0826. The van der Waals surface area contributed by atoms with Gasteiger partial charge in [0.05, 0.1) is 0 Å². The molecule has 1 aromatic rings. The topological polar surface area (TPSA) is 79.0 Å². The van der Waals surface area contributed by atoms with E-state index >= 15 is 0 Å². The third-order valence-corrected chi connectivity index (χ3v) is 2.12. The summed E-state index contributed by atoms with van der Waals surface area (Å²) in [4.78, 5) is 14.0. The van der Waals surface area contributed by atoms with Crippen LogP contribution in [0.1, 0.15) is 36.3 Å². The maximum Gasteiger partial charge on any atom is 1.00 e. The van der Waals surface area contributed by atoms with E-state index < -0.39 is 5.97 Å². The van der Waals surface area contributed by atoms with Crippen molar-refractivity contribution in [1.82, 2.24) is 10.1 Å². The molecule has 0 N–H and O–H groups in total. The van der Waals surface area contributed by atoms with Crippen LogP contribution in [0.15, 0.2) is 4.52 Å². The first-order valence-corrected chi connectivity index (χ1v) is 3.67. The van der Waals surface area contributed by atoms with Crippen LogP contribution >= 0.6 is 0 Å². The van der Waals surface area contributed by atoms with Crippen molar-refractivity contribution in [2.24, 2.45) is 0 Å². The van der Waals surface area contributed by atoms with Crippen LogP contribution < -0.4 is 56.5 Å². The quantitative estimate of drug-likeness (QED) is 0.469. The smallest absolute Gasteiger partial charge is 0.541 e. The summed E-state index contributed by atoms with van der Waals surface area (Å²) in [6.07, 6.45) is 1.95. The molecule has 1 heterocycles. The molecular weight excluding hydrogens is 199 g/mol. The molecule has 0 atom stereocenters. The molecule has 0 bridgehead atoms. The van der Waals surface area contributed by atoms with Gasteiger partial charge in [0.2, 0.25) is 11.7 Å². The number of nitrogens with zero attached hydrogens (tertiary/aromatic N) is 2. The summed E-state index contributed by atoms with van der Waals surface area (Å²) in [5, 5.41) is 13.5. The average molecular weight is 206 g/mol. The molecule has 64 valence electrons. The fourth-order valence-corrected chi connectivity index (χ4v) is 0.953. The van der Waals surface area contributed by atoms with Gasteiger partial charge in [-0.05, 0) is 12.8 Å². The molecule has 1 aliphatic rings. The maximum atomic E-state index is 10.3. The molecule has 5 nitrogen and oxygen atoms in total. The molecule has 2 rings (SSSR count). The Hall–Kier alpha value is 0.246. The van der Waals surface area contributed by atoms with E-state index in [4.69, 9.17) is 4.52 Å². The number of aromatic nitrogens is 2. The third-order valence-electron chi connectivity index (χ3n) is 2.12. The summed E-state index contributed by atoms with van der Waals surface area (Å²) < 4.78 is 4.77. The summed E-state index contributed by atoms with van der Waals surface area (Å²) in [7, 11) is 0. The minimum atomic E-state index is -1.39. The Morgan fingerprint density at radius 2 is 2.23 bits per heavy atom. The van der Waals surface area contributed by atoms with Crippen molar-refractivity contribution in [3.63, 3.8) is 0 Å². The van der Waals surface area contributed by atoms with Crippen molar-refractivity contribution in [2.45, 2.75) is 25.2 Å². The van der Waals surface area contributed by atoms with E-state index in [-0.39, 0.29) is 62.6 Å². The first kappa shape index (κ1) is 11.3. The number of hydrogen-bond donors (Lipinski definition) is 0. The van der Waals surface area contributed by atoms with Gasteiger partial charge in [-0.2, -0.15) is 4.98 Å². The largest absolute Gasteiger partial charge is 1.00 e. The number of aromatic carboxylic acids is 1. The van der Waals surface area contributed by atoms with Crippen LogP contribution in [-0.4, -0.2) is 16.1 Å². The van der Waals surface area contributed by atoms with E-state index in [2.05, 4.69) is 10.1 Å². The molecular formula is C7H7KN2O3. The Morgan fingerprint density at radius 1 is 1.62 bits per heavy atom. The molecule has 0 radical (unpaired) electrons. The van der Waals surface area contributed by atoms with Gasteiger partial charge >= 0.3 is 51.4 Å². The second kappa shape index (κ2) is 3.78.